The van der Waals surface area contributed by atoms with Crippen molar-refractivity contribution < 1.29 is 101 Å². The van der Waals surface area contributed by atoms with E-state index in [4.69, 9.17) is 31.4 Å². The van der Waals surface area contributed by atoms with Gasteiger partial charge in [0.2, 0.25) is 52.8 Å². The summed E-state index contributed by atoms with van der Waals surface area (Å²) in [7, 11) is 1.45. The summed E-state index contributed by atoms with van der Waals surface area (Å²) < 4.78 is 16.1. The van der Waals surface area contributed by atoms with Gasteiger partial charge < -0.3 is 110 Å². The first-order valence-electron chi connectivity index (χ1n) is 50.6. The van der Waals surface area contributed by atoms with E-state index >= 15 is 0 Å². The molecular formula is C104H160N18O21. The summed E-state index contributed by atoms with van der Waals surface area (Å²) in [6.45, 7) is 45.0. The molecule has 7 aliphatic carbocycles. The maximum absolute atomic E-state index is 14.7. The van der Waals surface area contributed by atoms with Crippen LogP contribution in [0.15, 0.2) is 54.6 Å². The first-order chi connectivity index (χ1) is 66.3. The van der Waals surface area contributed by atoms with Gasteiger partial charge in [0, 0.05) is 39.3 Å². The zero-order chi connectivity index (χ0) is 107. The van der Waals surface area contributed by atoms with E-state index in [0.717, 1.165) is 61.6 Å². The van der Waals surface area contributed by atoms with Gasteiger partial charge in [-0.2, -0.15) is 0 Å². The predicted octanol–water partition coefficient (Wildman–Crippen LogP) is 6.99. The van der Waals surface area contributed by atoms with Gasteiger partial charge in [0.15, 0.2) is 0 Å². The van der Waals surface area contributed by atoms with Gasteiger partial charge in [-0.05, 0) is 165 Å². The van der Waals surface area contributed by atoms with Crippen LogP contribution >= 0.6 is 0 Å². The molecule has 12 rings (SSSR count). The Morgan fingerprint density at radius 1 is 0.385 bits per heavy atom. The molecule has 3 aliphatic heterocycles. The molecule has 9 fully saturated rings. The zero-order valence-electron chi connectivity index (χ0n) is 88.1. The summed E-state index contributed by atoms with van der Waals surface area (Å²) >= 11 is 0. The molecule has 792 valence electrons. The number of benzene rings is 2. The number of nitrogens with one attached hydrogen (secondary N) is 12. The molecular weight excluding hydrogens is 1840 g/mol. The molecule has 143 heavy (non-hydrogen) atoms. The van der Waals surface area contributed by atoms with Gasteiger partial charge >= 0.3 is 36.4 Å². The molecule has 39 heteroatoms. The highest BCUT2D eigenvalue weighted by Gasteiger charge is 2.73. The van der Waals surface area contributed by atoms with Crippen LogP contribution in [0.25, 0.3) is 0 Å². The van der Waals surface area contributed by atoms with Crippen LogP contribution in [0.3, 0.4) is 0 Å². The summed E-state index contributed by atoms with van der Waals surface area (Å²) in [5.74, 6) is -8.35. The molecule has 18 amide bonds. The van der Waals surface area contributed by atoms with Crippen LogP contribution in [0, 0.1) is 102 Å². The number of alkyl carbamates (subject to hydrolysis) is 3. The number of urea groups is 3. The Labute approximate surface area is 840 Å². The molecule has 6 saturated carbocycles. The fourth-order valence-corrected chi connectivity index (χ4v) is 21.0. The fraction of sp³-hybridized carbons (Fsp3) is 0.712. The molecule has 18 N–H and O–H groups in total. The Kier molecular flexibility index (Phi) is 35.5. The van der Waals surface area contributed by atoms with Crippen molar-refractivity contribution in [3.8, 4) is 0 Å². The number of amides is 18. The van der Waals surface area contributed by atoms with Crippen LogP contribution in [-0.4, -0.2) is 247 Å². The third kappa shape index (κ3) is 28.7. The summed E-state index contributed by atoms with van der Waals surface area (Å²) in [5.41, 5.74) is 15.5. The lowest BCUT2D eigenvalue weighted by molar-refractivity contribution is -0.145. The molecule has 39 nitrogen and oxygen atoms in total. The van der Waals surface area contributed by atoms with Crippen molar-refractivity contribution in [3.05, 3.63) is 71.3 Å². The first-order valence-corrected chi connectivity index (χ1v) is 50.6. The van der Waals surface area contributed by atoms with Crippen LogP contribution < -0.4 is 81.0 Å². The van der Waals surface area contributed by atoms with Crippen molar-refractivity contribution in [3.63, 3.8) is 0 Å². The lowest BCUT2D eigenvalue weighted by Crippen LogP contribution is -2.62. The largest absolute Gasteiger partial charge is 0.447 e. The van der Waals surface area contributed by atoms with E-state index < -0.39 is 201 Å². The molecule has 18 atom stereocenters. The zero-order valence-corrected chi connectivity index (χ0v) is 88.1. The van der Waals surface area contributed by atoms with Gasteiger partial charge in [-0.15, -0.1) is 0 Å². The molecule has 0 bridgehead atoms. The van der Waals surface area contributed by atoms with Crippen LogP contribution in [-0.2, 0) is 91.1 Å². The third-order valence-corrected chi connectivity index (χ3v) is 31.2. The van der Waals surface area contributed by atoms with E-state index in [2.05, 4.69) is 77.6 Å². The van der Waals surface area contributed by atoms with Gasteiger partial charge in [-0.1, -0.05) is 245 Å². The van der Waals surface area contributed by atoms with E-state index in [1.807, 2.05) is 200 Å². The molecule has 0 aromatic heterocycles. The maximum Gasteiger partial charge on any atom is 0.407 e. The van der Waals surface area contributed by atoms with Crippen molar-refractivity contribution in [2.24, 2.45) is 120 Å². The van der Waals surface area contributed by atoms with Crippen LogP contribution in [0.4, 0.5) is 28.8 Å². The lowest BCUT2D eigenvalue weighted by Gasteiger charge is -2.38. The number of Topliss-reactive ketones (excluding diaryl/α,β-unsaturated/α-hetero) is 3. The van der Waals surface area contributed by atoms with Gasteiger partial charge in [0.05, 0.1) is 36.3 Å². The van der Waals surface area contributed by atoms with Gasteiger partial charge in [0.25, 0.3) is 17.7 Å². The summed E-state index contributed by atoms with van der Waals surface area (Å²) in [6, 6.07) is 4.88. The number of ketones is 3. The number of rotatable bonds is 37. The lowest BCUT2D eigenvalue weighted by atomic mass is 9.80. The van der Waals surface area contributed by atoms with Gasteiger partial charge in [0.1, 0.15) is 56.1 Å². The van der Waals surface area contributed by atoms with Crippen molar-refractivity contribution in [2.75, 3.05) is 46.5 Å². The molecule has 2 aromatic carbocycles. The number of primary amides is 3. The fourth-order valence-electron chi connectivity index (χ4n) is 21.0. The van der Waals surface area contributed by atoms with E-state index in [-0.39, 0.29) is 107 Å². The second-order valence-corrected chi connectivity index (χ2v) is 48.7. The molecule has 2 aromatic rings. The van der Waals surface area contributed by atoms with Crippen molar-refractivity contribution in [1.82, 2.24) is 78.5 Å². The standard InChI is InChI=1S/C36H52N6O7.C36H54N6O7.C32H54N6O7/c1-35(2,3)25(18-49-34(48)38-6)40-33(47)41-27(22-15-20-12-7-8-13-21(20)16-22)32(46)42-17-23-26(36(23,4)5)28(42)31(45)39-24(29(43)30(37)44)14-19-10-9-11-19;1-34(2,3)24(19-49-33(48)38-17-21-12-10-9-11-13-21)40-32(47)41-28(35(4,5)6)31(46)42-18-22-25(36(22,7)8)26(42)30(45)39-23(16-20-14-15-20)27(43)29(37)44;1-16(2)34-29(44)45-15-20(30(3,4)5)36-28(43)37-24(31(6,7)8)27(42)38-14-18-21(32(18,9)10)22(38)26(41)35-19(13-17-11-12-17)23(39)25(33)40/h7-8,12-13,19,22-28H,9-11,14-18H2,1-6H3,(H2,37,44)(H,38,48)(H,39,45)(H2,40,41,47);9-13,20,22-26,28H,14-19H2,1-8H3,(H2,37,44)(H,38,48)(H,39,45)(H2,40,41,47);16-22,24H,11-15H2,1-10H3,(H2,33,40)(H,34,44)(H,35,41)(H2,36,37,43)/t23-,24?,25+,26-,27-,28-;22-,23?,24+,25-,26-,28+;18-,19?,20+,21-,22-,24+/m000/s1. The van der Waals surface area contributed by atoms with Crippen molar-refractivity contribution in [2.45, 2.75) is 321 Å². The van der Waals surface area contributed by atoms with E-state index in [9.17, 15) is 86.3 Å². The number of fused-ring (bicyclic) bond motifs is 4. The second-order valence-electron chi connectivity index (χ2n) is 48.7. The number of piperidine rings is 3. The van der Waals surface area contributed by atoms with Crippen molar-refractivity contribution >= 4 is 107 Å². The van der Waals surface area contributed by atoms with Crippen molar-refractivity contribution in [1.29, 1.82) is 0 Å². The van der Waals surface area contributed by atoms with E-state index in [0.29, 0.717) is 58.3 Å². The van der Waals surface area contributed by atoms with E-state index in [1.54, 1.807) is 4.90 Å². The first kappa shape index (κ1) is 113. The quantitative estimate of drug-likeness (QED) is 0.0239. The smallest absolute Gasteiger partial charge is 0.407 e. The minimum atomic E-state index is -1.11. The van der Waals surface area contributed by atoms with Gasteiger partial charge in [-0.3, -0.25) is 57.5 Å². The van der Waals surface area contributed by atoms with Crippen LogP contribution in [0.2, 0.25) is 0 Å². The normalized spacial score (nSPS) is 23.7. The Morgan fingerprint density at radius 3 is 1.00 bits per heavy atom. The Hall–Kier alpha value is -11.7. The molecule has 0 radical (unpaired) electrons. The highest BCUT2D eigenvalue weighted by molar-refractivity contribution is 6.39. The minimum Gasteiger partial charge on any atom is -0.447 e. The molecule has 3 saturated heterocycles. The molecule has 3 heterocycles. The SMILES string of the molecule is CC(C)(C)[C@H](NC(=O)N[C@H](COC(=O)NCc1ccccc1)C(C)(C)C)C(=O)N1C[C@H]2[C@@H]([C@H]1C(=O)NC(CC1CC1)C(=O)C(N)=O)C2(C)C.CC(C)NC(=O)OC[C@@H](NC(=O)N[C@H](C(=O)N1C[C@H]2[C@@H]([C@H]1C(=O)NC(CC1CC1)C(=O)C(N)=O)C2(C)C)C(C)(C)C)C(C)(C)C.CNC(=O)OC[C@@H](NC(=O)N[C@H](C(=O)N1C[C@H]2[C@@H]([C@H]1C(=O)NC(CC1CCC1)C(=O)C(N)=O)C2(C)C)C1Cc2ccccc2C1)C(C)(C)C. The minimum absolute atomic E-state index is 0.0609. The number of nitrogens with two attached hydrogens (primary N) is 3. The van der Waals surface area contributed by atoms with Gasteiger partial charge in [-0.25, -0.2) is 28.8 Å². The summed E-state index contributed by atoms with van der Waals surface area (Å²) in [5, 5.41) is 33.4. The van der Waals surface area contributed by atoms with E-state index in [1.165, 1.54) is 16.8 Å². The summed E-state index contributed by atoms with van der Waals surface area (Å²) in [6.07, 6.45) is 6.78. The monoisotopic (exact) mass is 2000 g/mol. The second kappa shape index (κ2) is 44.9. The average Bonchev–Trinajstić information content (AvgIpc) is 1.53. The number of nitrogens with zero attached hydrogens (tertiary/aromatic N) is 3. The number of hydrogen-bond acceptors (Lipinski definition) is 21. The third-order valence-electron chi connectivity index (χ3n) is 31.2. The summed E-state index contributed by atoms with van der Waals surface area (Å²) in [4.78, 5) is 240. The number of carbonyl (C=O) groups is 18. The van der Waals surface area contributed by atoms with Crippen LogP contribution in [0.5, 0.6) is 0 Å². The number of carbonyl (C=O) groups excluding carboxylic acids is 18. The van der Waals surface area contributed by atoms with Crippen LogP contribution in [0.1, 0.15) is 240 Å². The predicted molar refractivity (Wildman–Crippen MR) is 531 cm³/mol. The Balaban J connectivity index is 0.000000221. The topological polar surface area (TPSA) is 567 Å². The Morgan fingerprint density at radius 2 is 0.699 bits per heavy atom. The maximum atomic E-state index is 14.7. The highest BCUT2D eigenvalue weighted by atomic mass is 16.6. The number of hydrogen-bond donors (Lipinski definition) is 15. The highest BCUT2D eigenvalue weighted by Crippen LogP contribution is 2.67. The number of ether oxygens (including phenoxy) is 3. The number of likely N-dealkylation sites (tertiary alicyclic amines) is 3. The molecule has 10 aliphatic rings. The molecule has 0 spiro atoms. The average molecular weight is 2000 g/mol. The molecule has 3 unspecified atom stereocenters. The Bertz CT molecular complexity index is 5050.